The smallest absolute Gasteiger partial charge is 0.228 e. The molecule has 4 rings (SSSR count). The molecule has 1 aromatic heterocycles. The third-order valence-corrected chi connectivity index (χ3v) is 5.39. The number of aromatic nitrogens is 1. The normalized spacial score (nSPS) is 15.6. The van der Waals surface area contributed by atoms with Gasteiger partial charge in [0.05, 0.1) is 18.2 Å². The van der Waals surface area contributed by atoms with Crippen LogP contribution in [0.25, 0.3) is 0 Å². The Morgan fingerprint density at radius 1 is 1.32 bits per heavy atom. The van der Waals surface area contributed by atoms with E-state index in [1.54, 1.807) is 29.8 Å². The van der Waals surface area contributed by atoms with Crippen LogP contribution in [0.1, 0.15) is 12.0 Å². The zero-order valence-electron chi connectivity index (χ0n) is 14.8. The number of hydrogen-bond acceptors (Lipinski definition) is 5. The number of carbonyl (C=O) groups is 1. The molecule has 1 aliphatic heterocycles. The largest absolute Gasteiger partial charge is 0.489 e. The van der Waals surface area contributed by atoms with Crippen molar-refractivity contribution in [2.45, 2.75) is 19.0 Å². The van der Waals surface area contributed by atoms with Crippen molar-refractivity contribution < 1.29 is 13.9 Å². The van der Waals surface area contributed by atoms with Gasteiger partial charge in [0.15, 0.2) is 5.13 Å². The molecule has 0 bridgehead atoms. The van der Waals surface area contributed by atoms with Gasteiger partial charge in [-0.25, -0.2) is 9.37 Å². The third-order valence-electron chi connectivity index (χ3n) is 4.47. The highest BCUT2D eigenvalue weighted by Crippen LogP contribution is 2.37. The average molecular weight is 418 g/mol. The van der Waals surface area contributed by atoms with E-state index in [-0.39, 0.29) is 24.2 Å². The van der Waals surface area contributed by atoms with Gasteiger partial charge in [0.1, 0.15) is 18.2 Å². The summed E-state index contributed by atoms with van der Waals surface area (Å²) in [6.07, 6.45) is 1.87. The van der Waals surface area contributed by atoms with Crippen LogP contribution in [0.3, 0.4) is 0 Å². The van der Waals surface area contributed by atoms with Gasteiger partial charge < -0.3 is 15.0 Å². The fourth-order valence-corrected chi connectivity index (χ4v) is 3.86. The zero-order chi connectivity index (χ0) is 19.5. The quantitative estimate of drug-likeness (QED) is 0.652. The van der Waals surface area contributed by atoms with E-state index in [9.17, 15) is 9.18 Å². The minimum Gasteiger partial charge on any atom is -0.489 e. The van der Waals surface area contributed by atoms with Gasteiger partial charge in [-0.3, -0.25) is 4.79 Å². The Kier molecular flexibility index (Phi) is 5.45. The molecule has 1 amide bonds. The molecule has 0 fully saturated rings. The molecular weight excluding hydrogens is 401 g/mol. The summed E-state index contributed by atoms with van der Waals surface area (Å²) in [7, 11) is 0. The van der Waals surface area contributed by atoms with Crippen molar-refractivity contribution in [2.24, 2.45) is 0 Å². The minimum absolute atomic E-state index is 0.141. The van der Waals surface area contributed by atoms with Crippen LogP contribution in [0.15, 0.2) is 54.0 Å². The van der Waals surface area contributed by atoms with E-state index >= 15 is 0 Å². The van der Waals surface area contributed by atoms with Crippen molar-refractivity contribution in [2.75, 3.05) is 16.8 Å². The van der Waals surface area contributed by atoms with Crippen LogP contribution < -0.4 is 15.0 Å². The van der Waals surface area contributed by atoms with E-state index in [0.717, 1.165) is 11.3 Å². The Morgan fingerprint density at radius 2 is 2.14 bits per heavy atom. The van der Waals surface area contributed by atoms with E-state index in [2.05, 4.69) is 15.2 Å². The van der Waals surface area contributed by atoms with E-state index in [1.807, 2.05) is 12.1 Å². The summed E-state index contributed by atoms with van der Waals surface area (Å²) in [5, 5.41) is 5.76. The zero-order valence-corrected chi connectivity index (χ0v) is 16.3. The van der Waals surface area contributed by atoms with Gasteiger partial charge in [-0.2, -0.15) is 0 Å². The SMILES string of the molecule is O=C(C[C@@H]1COc2ccc(Cl)cc2N1Cc1ccc(F)cc1)Nc1nccs1. The molecule has 144 valence electrons. The molecule has 0 unspecified atom stereocenters. The molecule has 0 saturated heterocycles. The van der Waals surface area contributed by atoms with Crippen molar-refractivity contribution in [3.05, 3.63) is 70.4 Å². The highest BCUT2D eigenvalue weighted by atomic mass is 35.5. The van der Waals surface area contributed by atoms with Gasteiger partial charge in [-0.1, -0.05) is 23.7 Å². The monoisotopic (exact) mass is 417 g/mol. The molecule has 0 aliphatic carbocycles. The number of halogens is 2. The summed E-state index contributed by atoms with van der Waals surface area (Å²) in [5.41, 5.74) is 1.75. The number of nitrogens with zero attached hydrogens (tertiary/aromatic N) is 2. The van der Waals surface area contributed by atoms with Crippen LogP contribution >= 0.6 is 22.9 Å². The molecule has 0 spiro atoms. The number of rotatable bonds is 5. The summed E-state index contributed by atoms with van der Waals surface area (Å²) < 4.78 is 19.1. The highest BCUT2D eigenvalue weighted by molar-refractivity contribution is 7.13. The molecule has 0 radical (unpaired) electrons. The number of ether oxygens (including phenoxy) is 1. The first-order valence-corrected chi connectivity index (χ1v) is 9.97. The third kappa shape index (κ3) is 4.26. The predicted molar refractivity (Wildman–Crippen MR) is 109 cm³/mol. The molecule has 0 saturated carbocycles. The molecule has 28 heavy (non-hydrogen) atoms. The van der Waals surface area contributed by atoms with Gasteiger partial charge in [0.2, 0.25) is 5.91 Å². The maximum atomic E-state index is 13.3. The number of hydrogen-bond donors (Lipinski definition) is 1. The van der Waals surface area contributed by atoms with E-state index in [0.29, 0.717) is 29.1 Å². The molecule has 1 N–H and O–H groups in total. The van der Waals surface area contributed by atoms with Crippen molar-refractivity contribution >= 4 is 39.7 Å². The molecule has 1 aliphatic rings. The van der Waals surface area contributed by atoms with Gasteiger partial charge in [-0.05, 0) is 35.9 Å². The Labute approximate surface area is 170 Å². The second kappa shape index (κ2) is 8.16. The number of amides is 1. The van der Waals surface area contributed by atoms with Gasteiger partial charge >= 0.3 is 0 Å². The molecule has 2 heterocycles. The van der Waals surface area contributed by atoms with Crippen molar-refractivity contribution in [1.82, 2.24) is 4.98 Å². The van der Waals surface area contributed by atoms with Crippen molar-refractivity contribution in [3.63, 3.8) is 0 Å². The summed E-state index contributed by atoms with van der Waals surface area (Å²) in [4.78, 5) is 18.7. The first-order chi connectivity index (χ1) is 13.6. The highest BCUT2D eigenvalue weighted by Gasteiger charge is 2.30. The standard InChI is InChI=1S/C20H17ClFN3O2S/c21-14-3-6-18-17(9-14)25(11-13-1-4-15(22)5-2-13)16(12-27-18)10-19(26)24-20-23-7-8-28-20/h1-9,16H,10-12H2,(H,23,24,26)/t16-/m1/s1. The number of anilines is 2. The predicted octanol–water partition coefficient (Wildman–Crippen LogP) is 4.73. The van der Waals surface area contributed by atoms with Crippen LogP contribution in [0.2, 0.25) is 5.02 Å². The summed E-state index contributed by atoms with van der Waals surface area (Å²) >= 11 is 7.56. The lowest BCUT2D eigenvalue weighted by Crippen LogP contribution is -2.44. The van der Waals surface area contributed by atoms with E-state index in [1.165, 1.54) is 23.5 Å². The number of thiazole rings is 1. The van der Waals surface area contributed by atoms with Crippen LogP contribution in [-0.4, -0.2) is 23.5 Å². The molecule has 5 nitrogen and oxygen atoms in total. The second-order valence-corrected chi connectivity index (χ2v) is 7.75. The minimum atomic E-state index is -0.284. The number of fused-ring (bicyclic) bond motifs is 1. The number of nitrogens with one attached hydrogen (secondary N) is 1. The van der Waals surface area contributed by atoms with E-state index in [4.69, 9.17) is 16.3 Å². The summed E-state index contributed by atoms with van der Waals surface area (Å²) in [5.74, 6) is 0.287. The maximum absolute atomic E-state index is 13.3. The van der Waals surface area contributed by atoms with Gasteiger partial charge in [0, 0.05) is 23.1 Å². The Hall–Kier alpha value is -2.64. The van der Waals surface area contributed by atoms with Crippen LogP contribution in [-0.2, 0) is 11.3 Å². The Bertz CT molecular complexity index is 966. The topological polar surface area (TPSA) is 54.5 Å². The molecule has 8 heteroatoms. The average Bonchev–Trinajstić information content (AvgIpc) is 3.18. The van der Waals surface area contributed by atoms with Crippen LogP contribution in [0, 0.1) is 5.82 Å². The molecule has 2 aromatic carbocycles. The first-order valence-electron chi connectivity index (χ1n) is 8.71. The van der Waals surface area contributed by atoms with Crippen LogP contribution in [0.5, 0.6) is 5.75 Å². The number of carbonyl (C=O) groups excluding carboxylic acids is 1. The molecular formula is C20H17ClFN3O2S. The molecule has 1 atom stereocenters. The van der Waals surface area contributed by atoms with E-state index < -0.39 is 0 Å². The van der Waals surface area contributed by atoms with Crippen LogP contribution in [0.4, 0.5) is 15.2 Å². The van der Waals surface area contributed by atoms with Gasteiger partial charge in [-0.15, -0.1) is 11.3 Å². The summed E-state index contributed by atoms with van der Waals surface area (Å²) in [6, 6.07) is 11.6. The fraction of sp³-hybridized carbons (Fsp3) is 0.200. The lowest BCUT2D eigenvalue weighted by Gasteiger charge is -2.38. The van der Waals surface area contributed by atoms with Crippen molar-refractivity contribution in [3.8, 4) is 5.75 Å². The lowest BCUT2D eigenvalue weighted by atomic mass is 10.1. The first kappa shape index (κ1) is 18.7. The lowest BCUT2D eigenvalue weighted by molar-refractivity contribution is -0.116. The Morgan fingerprint density at radius 3 is 2.89 bits per heavy atom. The van der Waals surface area contributed by atoms with Gasteiger partial charge in [0.25, 0.3) is 0 Å². The fourth-order valence-electron chi connectivity index (χ4n) is 3.15. The summed E-state index contributed by atoms with van der Waals surface area (Å²) in [6.45, 7) is 0.868. The van der Waals surface area contributed by atoms with Crippen molar-refractivity contribution in [1.29, 1.82) is 0 Å². The Balaban J connectivity index is 1.58. The maximum Gasteiger partial charge on any atom is 0.228 e. The second-order valence-electron chi connectivity index (χ2n) is 6.42. The number of benzene rings is 2. The molecule has 3 aromatic rings.